The first kappa shape index (κ1) is 18.3. The van der Waals surface area contributed by atoms with Crippen LogP contribution in [-0.4, -0.2) is 27.8 Å². The highest BCUT2D eigenvalue weighted by Gasteiger charge is 2.22. The van der Waals surface area contributed by atoms with Gasteiger partial charge in [-0.1, -0.05) is 11.8 Å². The first-order chi connectivity index (χ1) is 13.1. The number of rotatable bonds is 6. The average Bonchev–Trinajstić information content (AvgIpc) is 3.28. The highest BCUT2D eigenvalue weighted by Crippen LogP contribution is 2.34. The molecule has 0 saturated carbocycles. The number of carbonyl (C=O) groups is 1. The molecule has 3 heterocycles. The van der Waals surface area contributed by atoms with E-state index in [0.29, 0.717) is 24.0 Å². The van der Waals surface area contributed by atoms with Gasteiger partial charge in [-0.2, -0.15) is 0 Å². The number of thiophene rings is 1. The fourth-order valence-corrected chi connectivity index (χ4v) is 5.55. The lowest BCUT2D eigenvalue weighted by Gasteiger charge is -2.13. The Hall–Kier alpha value is -2.06. The summed E-state index contributed by atoms with van der Waals surface area (Å²) >= 11 is 3.15. The maximum Gasteiger partial charge on any atom is 0.263 e. The summed E-state index contributed by atoms with van der Waals surface area (Å²) in [6, 6.07) is 3.69. The molecule has 0 spiro atoms. The Kier molecular flexibility index (Phi) is 5.36. The van der Waals surface area contributed by atoms with Crippen LogP contribution in [-0.2, 0) is 24.2 Å². The lowest BCUT2D eigenvalue weighted by Crippen LogP contribution is -2.25. The molecule has 3 aromatic rings. The minimum Gasteiger partial charge on any atom is -0.467 e. The second kappa shape index (κ2) is 7.90. The summed E-state index contributed by atoms with van der Waals surface area (Å²) in [4.78, 5) is 31.4. The number of aromatic nitrogens is 2. The van der Waals surface area contributed by atoms with E-state index in [1.807, 2.05) is 12.1 Å². The molecule has 0 aromatic carbocycles. The predicted octanol–water partition coefficient (Wildman–Crippen LogP) is 3.21. The molecule has 0 saturated heterocycles. The molecular weight excluding hydrogens is 382 g/mol. The zero-order chi connectivity index (χ0) is 18.8. The Balaban J connectivity index is 1.74. The maximum absolute atomic E-state index is 13.4. The van der Waals surface area contributed by atoms with Crippen molar-refractivity contribution in [3.63, 3.8) is 0 Å². The number of hydrogen-bond donors (Lipinski definition) is 1. The number of furan rings is 1. The second-order valence-electron chi connectivity index (χ2n) is 6.59. The molecule has 0 radical (unpaired) electrons. The SMILES string of the molecule is CC(=O)NCCSc1nc2sc3c(c2c(=O)n1Cc1ccco1)CCCC3. The second-order valence-corrected chi connectivity index (χ2v) is 8.73. The maximum atomic E-state index is 13.4. The molecule has 0 fully saturated rings. The van der Waals surface area contributed by atoms with Crippen molar-refractivity contribution in [2.45, 2.75) is 44.3 Å². The van der Waals surface area contributed by atoms with E-state index in [1.165, 1.54) is 35.5 Å². The fourth-order valence-electron chi connectivity index (χ4n) is 3.40. The number of nitrogens with zero attached hydrogens (tertiary/aromatic N) is 2. The van der Waals surface area contributed by atoms with Gasteiger partial charge >= 0.3 is 0 Å². The van der Waals surface area contributed by atoms with E-state index in [4.69, 9.17) is 9.40 Å². The molecule has 142 valence electrons. The molecule has 0 unspecified atom stereocenters. The summed E-state index contributed by atoms with van der Waals surface area (Å²) in [6.07, 6.45) is 5.92. The Morgan fingerprint density at radius 3 is 3.04 bits per heavy atom. The zero-order valence-electron chi connectivity index (χ0n) is 15.1. The summed E-state index contributed by atoms with van der Waals surface area (Å²) in [7, 11) is 0. The Morgan fingerprint density at radius 1 is 1.41 bits per heavy atom. The van der Waals surface area contributed by atoms with Crippen molar-refractivity contribution in [3.05, 3.63) is 45.0 Å². The Labute approximate surface area is 165 Å². The molecule has 1 aliphatic rings. The van der Waals surface area contributed by atoms with Crippen LogP contribution >= 0.6 is 23.1 Å². The minimum atomic E-state index is -0.0575. The van der Waals surface area contributed by atoms with Crippen LogP contribution in [0.3, 0.4) is 0 Å². The summed E-state index contributed by atoms with van der Waals surface area (Å²) in [5.41, 5.74) is 1.21. The minimum absolute atomic E-state index is 0.0119. The van der Waals surface area contributed by atoms with Crippen LogP contribution in [0.25, 0.3) is 10.2 Å². The van der Waals surface area contributed by atoms with Gasteiger partial charge in [0.1, 0.15) is 10.6 Å². The van der Waals surface area contributed by atoms with Crippen LogP contribution in [0.4, 0.5) is 0 Å². The summed E-state index contributed by atoms with van der Waals surface area (Å²) in [5, 5.41) is 4.24. The summed E-state index contributed by atoms with van der Waals surface area (Å²) < 4.78 is 7.17. The molecule has 0 aliphatic heterocycles. The molecule has 3 aromatic heterocycles. The monoisotopic (exact) mass is 403 g/mol. The third-order valence-corrected chi connectivity index (χ3v) is 6.80. The van der Waals surface area contributed by atoms with Crippen LogP contribution in [0.1, 0.15) is 36.0 Å². The molecule has 6 nitrogen and oxygen atoms in total. The first-order valence-corrected chi connectivity index (χ1v) is 10.9. The number of nitrogens with one attached hydrogen (secondary N) is 1. The van der Waals surface area contributed by atoms with Gasteiger partial charge < -0.3 is 9.73 Å². The van der Waals surface area contributed by atoms with Crippen molar-refractivity contribution in [1.29, 1.82) is 0 Å². The smallest absolute Gasteiger partial charge is 0.263 e. The lowest BCUT2D eigenvalue weighted by atomic mass is 9.97. The summed E-state index contributed by atoms with van der Waals surface area (Å²) in [6.45, 7) is 2.40. The van der Waals surface area contributed by atoms with Crippen molar-refractivity contribution in [3.8, 4) is 0 Å². The van der Waals surface area contributed by atoms with Gasteiger partial charge in [0.2, 0.25) is 5.91 Å². The van der Waals surface area contributed by atoms with E-state index in [9.17, 15) is 9.59 Å². The molecule has 27 heavy (non-hydrogen) atoms. The number of fused-ring (bicyclic) bond motifs is 3. The molecule has 1 N–H and O–H groups in total. The van der Waals surface area contributed by atoms with E-state index >= 15 is 0 Å². The van der Waals surface area contributed by atoms with Crippen LogP contribution in [0, 0.1) is 0 Å². The molecule has 0 atom stereocenters. The van der Waals surface area contributed by atoms with Crippen molar-refractivity contribution in [2.75, 3.05) is 12.3 Å². The number of aryl methyl sites for hydroxylation is 2. The standard InChI is InChI=1S/C19H21N3O3S2/c1-12(23)20-8-10-26-19-21-17-16(14-6-2-3-7-15(14)27-17)18(24)22(19)11-13-5-4-9-25-13/h4-5,9H,2-3,6-8,10-11H2,1H3,(H,20,23). The van der Waals surface area contributed by atoms with Gasteiger partial charge in [-0.3, -0.25) is 14.2 Å². The molecule has 8 heteroatoms. The quantitative estimate of drug-likeness (QED) is 0.388. The van der Waals surface area contributed by atoms with Crippen molar-refractivity contribution < 1.29 is 9.21 Å². The van der Waals surface area contributed by atoms with E-state index in [1.54, 1.807) is 22.2 Å². The van der Waals surface area contributed by atoms with Crippen LogP contribution in [0.2, 0.25) is 0 Å². The van der Waals surface area contributed by atoms with Crippen molar-refractivity contribution in [1.82, 2.24) is 14.9 Å². The van der Waals surface area contributed by atoms with Crippen LogP contribution < -0.4 is 10.9 Å². The van der Waals surface area contributed by atoms with Gasteiger partial charge in [0.05, 0.1) is 18.2 Å². The summed E-state index contributed by atoms with van der Waals surface area (Å²) in [5.74, 6) is 1.32. The van der Waals surface area contributed by atoms with Crippen molar-refractivity contribution in [2.24, 2.45) is 0 Å². The van der Waals surface area contributed by atoms with Crippen LogP contribution in [0.5, 0.6) is 0 Å². The van der Waals surface area contributed by atoms with E-state index in [2.05, 4.69) is 5.32 Å². The molecule has 1 aliphatic carbocycles. The fraction of sp³-hybridized carbons (Fsp3) is 0.421. The van der Waals surface area contributed by atoms with Crippen LogP contribution in [0.15, 0.2) is 32.8 Å². The lowest BCUT2D eigenvalue weighted by molar-refractivity contribution is -0.118. The molecule has 4 rings (SSSR count). The van der Waals surface area contributed by atoms with Gasteiger partial charge in [0.15, 0.2) is 5.16 Å². The van der Waals surface area contributed by atoms with Gasteiger partial charge in [0, 0.05) is 24.1 Å². The van der Waals surface area contributed by atoms with Gasteiger partial charge in [-0.15, -0.1) is 11.3 Å². The average molecular weight is 404 g/mol. The number of thioether (sulfide) groups is 1. The molecular formula is C19H21N3O3S2. The Bertz CT molecular complexity index is 1020. The highest BCUT2D eigenvalue weighted by atomic mass is 32.2. The predicted molar refractivity (Wildman–Crippen MR) is 108 cm³/mol. The topological polar surface area (TPSA) is 77.1 Å². The normalized spacial score (nSPS) is 13.7. The van der Waals surface area contributed by atoms with Gasteiger partial charge in [0.25, 0.3) is 5.56 Å². The molecule has 1 amide bonds. The highest BCUT2D eigenvalue weighted by molar-refractivity contribution is 7.99. The third-order valence-electron chi connectivity index (χ3n) is 4.64. The number of amides is 1. The van der Waals surface area contributed by atoms with Crippen molar-refractivity contribution >= 4 is 39.2 Å². The van der Waals surface area contributed by atoms with Gasteiger partial charge in [-0.25, -0.2) is 4.98 Å². The van der Waals surface area contributed by atoms with E-state index in [0.717, 1.165) is 35.2 Å². The number of hydrogen-bond acceptors (Lipinski definition) is 6. The van der Waals surface area contributed by atoms with E-state index < -0.39 is 0 Å². The Morgan fingerprint density at radius 2 is 2.26 bits per heavy atom. The van der Waals surface area contributed by atoms with Gasteiger partial charge in [-0.05, 0) is 43.4 Å². The third kappa shape index (κ3) is 3.82. The number of carbonyl (C=O) groups excluding carboxylic acids is 1. The first-order valence-electron chi connectivity index (χ1n) is 9.08. The zero-order valence-corrected chi connectivity index (χ0v) is 16.8. The molecule has 0 bridgehead atoms. The largest absolute Gasteiger partial charge is 0.467 e. The van der Waals surface area contributed by atoms with E-state index in [-0.39, 0.29) is 11.5 Å².